The second kappa shape index (κ2) is 22.2. The van der Waals surface area contributed by atoms with Crippen molar-refractivity contribution in [1.82, 2.24) is 5.32 Å². The van der Waals surface area contributed by atoms with Crippen LogP contribution in [0.2, 0.25) is 0 Å². The number of hydrogen-bond donors (Lipinski definition) is 2. The molecule has 5 unspecified atom stereocenters. The highest BCUT2D eigenvalue weighted by Gasteiger charge is 2.50. The minimum atomic E-state index is -1.79. The summed E-state index contributed by atoms with van der Waals surface area (Å²) in [6.45, 7) is 11.9. The molecule has 0 radical (unpaired) electrons. The highest BCUT2D eigenvalue weighted by Crippen LogP contribution is 2.29. The molecule has 1 aliphatic rings. The van der Waals surface area contributed by atoms with Crippen molar-refractivity contribution in [1.29, 1.82) is 0 Å². The molecule has 5 atom stereocenters. The summed E-state index contributed by atoms with van der Waals surface area (Å²) in [5.41, 5.74) is 2.08. The van der Waals surface area contributed by atoms with Gasteiger partial charge in [0.25, 0.3) is 0 Å². The van der Waals surface area contributed by atoms with Gasteiger partial charge in [0, 0.05) is 27.3 Å². The topological polar surface area (TPSA) is 171 Å². The quantitative estimate of drug-likeness (QED) is 0.0569. The first-order chi connectivity index (χ1) is 21.3. The molecule has 1 heterocycles. The molecule has 0 spiro atoms. The second-order valence-electron chi connectivity index (χ2n) is 8.83. The van der Waals surface area contributed by atoms with Crippen molar-refractivity contribution in [3.05, 3.63) is 28.8 Å². The average molecular weight is 659 g/mol. The van der Waals surface area contributed by atoms with Crippen LogP contribution in [0, 0.1) is 23.3 Å². The SMILES string of the molecule is CC.CNCCOCCOCCOC1OC(C)C(OC(C)=O)C(OC(C)=O)C1OC(C)=O.Nc1c(F)c(F)c(C=O)c(F)c1F. The lowest BCUT2D eigenvalue weighted by Gasteiger charge is -2.43. The largest absolute Gasteiger partial charge is 0.456 e. The Morgan fingerprint density at radius 3 is 1.69 bits per heavy atom. The van der Waals surface area contributed by atoms with Crippen molar-refractivity contribution in [3.63, 3.8) is 0 Å². The van der Waals surface area contributed by atoms with Gasteiger partial charge < -0.3 is 44.2 Å². The molecule has 0 saturated carbocycles. The van der Waals surface area contributed by atoms with E-state index in [9.17, 15) is 36.7 Å². The van der Waals surface area contributed by atoms with E-state index in [1.165, 1.54) is 20.8 Å². The molecule has 45 heavy (non-hydrogen) atoms. The van der Waals surface area contributed by atoms with Crippen molar-refractivity contribution >= 4 is 29.9 Å². The van der Waals surface area contributed by atoms with Gasteiger partial charge in [0.15, 0.2) is 54.2 Å². The molecule has 258 valence electrons. The fourth-order valence-electron chi connectivity index (χ4n) is 3.59. The highest BCUT2D eigenvalue weighted by molar-refractivity contribution is 5.77. The van der Waals surface area contributed by atoms with E-state index in [4.69, 9.17) is 33.2 Å². The van der Waals surface area contributed by atoms with E-state index >= 15 is 0 Å². The predicted molar refractivity (Wildman–Crippen MR) is 150 cm³/mol. The van der Waals surface area contributed by atoms with E-state index in [0.717, 1.165) is 6.54 Å². The Morgan fingerprint density at radius 1 is 0.778 bits per heavy atom. The van der Waals surface area contributed by atoms with Gasteiger partial charge in [-0.3, -0.25) is 19.2 Å². The Morgan fingerprint density at radius 2 is 1.22 bits per heavy atom. The molecular formula is C28H42F4N2O11. The third-order valence-corrected chi connectivity index (χ3v) is 5.46. The average Bonchev–Trinajstić information content (AvgIpc) is 2.99. The molecule has 1 fully saturated rings. The van der Waals surface area contributed by atoms with E-state index in [-0.39, 0.29) is 19.5 Å². The summed E-state index contributed by atoms with van der Waals surface area (Å²) in [7, 11) is 1.84. The fraction of sp³-hybridized carbons (Fsp3) is 0.643. The first-order valence-corrected chi connectivity index (χ1v) is 13.9. The smallest absolute Gasteiger partial charge is 0.303 e. The second-order valence-corrected chi connectivity index (χ2v) is 8.83. The maximum absolute atomic E-state index is 12.6. The van der Waals surface area contributed by atoms with Crippen LogP contribution in [0.25, 0.3) is 0 Å². The van der Waals surface area contributed by atoms with Crippen LogP contribution in [0.4, 0.5) is 23.2 Å². The molecule has 17 heteroatoms. The number of halogens is 4. The Kier molecular flexibility index (Phi) is 20.5. The summed E-state index contributed by atoms with van der Waals surface area (Å²) in [4.78, 5) is 44.7. The number of rotatable bonds is 14. The predicted octanol–water partition coefficient (Wildman–Crippen LogP) is 2.46. The van der Waals surface area contributed by atoms with Crippen LogP contribution in [-0.4, -0.2) is 102 Å². The molecule has 1 aliphatic heterocycles. The van der Waals surface area contributed by atoms with Crippen LogP contribution >= 0.6 is 0 Å². The first kappa shape index (κ1) is 41.6. The minimum absolute atomic E-state index is 0.136. The molecule has 0 amide bonds. The number of carbonyl (C=O) groups excluding carboxylic acids is 4. The Bertz CT molecular complexity index is 1070. The van der Waals surface area contributed by atoms with E-state index < -0.39 is 83.1 Å². The summed E-state index contributed by atoms with van der Waals surface area (Å²) in [5, 5.41) is 2.97. The number of aldehydes is 1. The van der Waals surface area contributed by atoms with Gasteiger partial charge >= 0.3 is 17.9 Å². The van der Waals surface area contributed by atoms with Crippen LogP contribution in [0.15, 0.2) is 0 Å². The van der Waals surface area contributed by atoms with Crippen LogP contribution < -0.4 is 11.1 Å². The number of nitrogens with two attached hydrogens (primary N) is 1. The number of likely N-dealkylation sites (N-methyl/N-ethyl adjacent to an activating group) is 1. The lowest BCUT2D eigenvalue weighted by atomic mass is 9.99. The molecule has 1 saturated heterocycles. The number of nitrogen functional groups attached to an aromatic ring is 1. The number of anilines is 1. The fourth-order valence-corrected chi connectivity index (χ4v) is 3.59. The standard InChI is InChI=1S/C19H33NO10.C7H3F4NO.C2H6/c1-12-16(28-13(2)21)17(29-14(3)22)18(30-15(4)23)19(27-12)26-11-10-25-9-8-24-7-6-20-5;8-3-2(1-13)4(9)6(11)7(12)5(3)10;1-2/h12,16-20H,6-11H2,1-5H3;1H,12H2;1-2H3. The van der Waals surface area contributed by atoms with Gasteiger partial charge in [-0.2, -0.15) is 0 Å². The van der Waals surface area contributed by atoms with E-state index in [1.807, 2.05) is 20.9 Å². The number of ether oxygens (including phenoxy) is 7. The lowest BCUT2D eigenvalue weighted by Crippen LogP contribution is -2.61. The number of benzene rings is 1. The summed E-state index contributed by atoms with van der Waals surface area (Å²) in [6, 6.07) is 0. The van der Waals surface area contributed by atoms with Crippen LogP contribution in [-0.2, 0) is 47.5 Å². The van der Waals surface area contributed by atoms with E-state index in [2.05, 4.69) is 11.1 Å². The summed E-state index contributed by atoms with van der Waals surface area (Å²) in [6.07, 6.45) is -5.17. The summed E-state index contributed by atoms with van der Waals surface area (Å²) < 4.78 is 88.3. The number of carbonyl (C=O) groups is 4. The zero-order valence-electron chi connectivity index (χ0n) is 26.3. The van der Waals surface area contributed by atoms with Crippen molar-refractivity contribution in [2.45, 2.75) is 72.2 Å². The molecule has 0 bridgehead atoms. The highest BCUT2D eigenvalue weighted by atomic mass is 19.2. The van der Waals surface area contributed by atoms with Crippen LogP contribution in [0.3, 0.4) is 0 Å². The van der Waals surface area contributed by atoms with Gasteiger partial charge in [0.1, 0.15) is 5.69 Å². The zero-order chi connectivity index (χ0) is 34.7. The number of nitrogens with one attached hydrogen (secondary N) is 1. The maximum atomic E-state index is 12.6. The van der Waals surface area contributed by atoms with Crippen molar-refractivity contribution < 1.29 is 69.9 Å². The van der Waals surface area contributed by atoms with Gasteiger partial charge in [0.2, 0.25) is 0 Å². The van der Waals surface area contributed by atoms with Crippen molar-refractivity contribution in [2.75, 3.05) is 52.4 Å². The summed E-state index contributed by atoms with van der Waals surface area (Å²) in [5.74, 6) is -8.93. The molecule has 0 aromatic heterocycles. The van der Waals surface area contributed by atoms with Gasteiger partial charge in [-0.1, -0.05) is 13.8 Å². The van der Waals surface area contributed by atoms with E-state index in [1.54, 1.807) is 6.92 Å². The maximum Gasteiger partial charge on any atom is 0.303 e. The Balaban J connectivity index is 0.00000107. The Hall–Kier alpha value is -3.38. The molecule has 1 aromatic rings. The first-order valence-electron chi connectivity index (χ1n) is 13.9. The third kappa shape index (κ3) is 14.1. The van der Waals surface area contributed by atoms with Gasteiger partial charge in [0.05, 0.1) is 44.7 Å². The third-order valence-electron chi connectivity index (χ3n) is 5.46. The molecule has 3 N–H and O–H groups in total. The van der Waals surface area contributed by atoms with Crippen molar-refractivity contribution in [2.24, 2.45) is 0 Å². The molecule has 1 aromatic carbocycles. The minimum Gasteiger partial charge on any atom is -0.456 e. The molecule has 2 rings (SSSR count). The normalized spacial score (nSPS) is 20.5. The van der Waals surface area contributed by atoms with Crippen LogP contribution in [0.5, 0.6) is 0 Å². The molecule has 13 nitrogen and oxygen atoms in total. The van der Waals surface area contributed by atoms with Gasteiger partial charge in [-0.25, -0.2) is 17.6 Å². The van der Waals surface area contributed by atoms with Gasteiger partial charge in [-0.15, -0.1) is 0 Å². The summed E-state index contributed by atoms with van der Waals surface area (Å²) >= 11 is 0. The van der Waals surface area contributed by atoms with E-state index in [0.29, 0.717) is 19.8 Å². The van der Waals surface area contributed by atoms with Gasteiger partial charge in [-0.05, 0) is 14.0 Å². The number of esters is 3. The zero-order valence-corrected chi connectivity index (χ0v) is 26.3. The monoisotopic (exact) mass is 658 g/mol. The molecule has 0 aliphatic carbocycles. The Labute approximate surface area is 258 Å². The molecular weight excluding hydrogens is 616 g/mol. The van der Waals surface area contributed by atoms with Crippen LogP contribution in [0.1, 0.15) is 51.9 Å². The van der Waals surface area contributed by atoms with Crippen molar-refractivity contribution in [3.8, 4) is 0 Å². The number of hydrogen-bond acceptors (Lipinski definition) is 13. The lowest BCUT2D eigenvalue weighted by molar-refractivity contribution is -0.302.